The molecule has 2 heterocycles. The summed E-state index contributed by atoms with van der Waals surface area (Å²) in [5, 5.41) is 21.6. The van der Waals surface area contributed by atoms with E-state index in [0.717, 1.165) is 60.2 Å². The van der Waals surface area contributed by atoms with Gasteiger partial charge >= 0.3 is 5.97 Å². The van der Waals surface area contributed by atoms with E-state index >= 15 is 0 Å². The Kier molecular flexibility index (Phi) is 8.18. The van der Waals surface area contributed by atoms with Crippen molar-refractivity contribution in [3.8, 4) is 23.1 Å². The number of hydrogen-bond donors (Lipinski definition) is 1. The number of morpholine rings is 1. The number of benzene rings is 2. The van der Waals surface area contributed by atoms with Crippen molar-refractivity contribution in [1.29, 1.82) is 5.26 Å². The number of thiazole rings is 1. The number of nitrogens with zero attached hydrogens (tertiary/aromatic N) is 3. The average Bonchev–Trinajstić information content (AvgIpc) is 3.43. The van der Waals surface area contributed by atoms with Crippen molar-refractivity contribution in [3.63, 3.8) is 0 Å². The Balaban J connectivity index is 1.31. The van der Waals surface area contributed by atoms with Crippen molar-refractivity contribution in [3.05, 3.63) is 75.1 Å². The first-order chi connectivity index (χ1) is 18.5. The number of hydrogen-bond acceptors (Lipinski definition) is 7. The van der Waals surface area contributed by atoms with Crippen molar-refractivity contribution in [2.45, 2.75) is 39.3 Å². The maximum Gasteiger partial charge on any atom is 0.306 e. The number of carboxylic acid groups (broad SMARTS) is 1. The van der Waals surface area contributed by atoms with Crippen molar-refractivity contribution in [2.75, 3.05) is 26.3 Å². The molecule has 1 saturated heterocycles. The predicted octanol–water partition coefficient (Wildman–Crippen LogP) is 5.67. The number of carbonyl (C=O) groups is 1. The summed E-state index contributed by atoms with van der Waals surface area (Å²) in [4.78, 5) is 18.5. The number of aliphatic carboxylic acids is 1. The molecule has 1 aliphatic carbocycles. The van der Waals surface area contributed by atoms with Gasteiger partial charge in [-0.25, -0.2) is 4.98 Å². The van der Waals surface area contributed by atoms with Crippen LogP contribution in [0, 0.1) is 24.2 Å². The first-order valence-corrected chi connectivity index (χ1v) is 13.8. The Labute approximate surface area is 227 Å². The first-order valence-electron chi connectivity index (χ1n) is 12.9. The van der Waals surface area contributed by atoms with Gasteiger partial charge in [-0.1, -0.05) is 24.3 Å². The van der Waals surface area contributed by atoms with Crippen molar-refractivity contribution >= 4 is 22.9 Å². The molecule has 1 aromatic heterocycles. The van der Waals surface area contributed by atoms with Gasteiger partial charge in [-0.15, -0.1) is 11.3 Å². The lowest BCUT2D eigenvalue weighted by Gasteiger charge is -2.26. The van der Waals surface area contributed by atoms with Crippen LogP contribution in [-0.4, -0.2) is 47.3 Å². The maximum atomic E-state index is 11.3. The summed E-state index contributed by atoms with van der Waals surface area (Å²) in [5.41, 5.74) is 6.77. The Bertz CT molecular complexity index is 1380. The smallest absolute Gasteiger partial charge is 0.306 e. The molecule has 196 valence electrons. The molecule has 0 radical (unpaired) electrons. The quantitative estimate of drug-likeness (QED) is 0.402. The molecule has 0 saturated carbocycles. The van der Waals surface area contributed by atoms with E-state index in [-0.39, 0.29) is 5.92 Å². The number of nitriles is 1. The number of aryl methyl sites for hydroxylation is 1. The summed E-state index contributed by atoms with van der Waals surface area (Å²) in [5.74, 6) is -0.374. The maximum absolute atomic E-state index is 11.3. The monoisotopic (exact) mass is 529 g/mol. The van der Waals surface area contributed by atoms with E-state index in [1.165, 1.54) is 22.5 Å². The second kappa shape index (κ2) is 11.9. The zero-order valence-electron chi connectivity index (χ0n) is 21.5. The van der Waals surface area contributed by atoms with Crippen molar-refractivity contribution < 1.29 is 19.4 Å². The van der Waals surface area contributed by atoms with Gasteiger partial charge in [-0.2, -0.15) is 5.26 Å². The molecule has 2 aliphatic rings. The van der Waals surface area contributed by atoms with Crippen LogP contribution in [0.25, 0.3) is 16.8 Å². The van der Waals surface area contributed by atoms with Crippen LogP contribution in [0.15, 0.2) is 47.9 Å². The molecule has 0 bridgehead atoms. The lowest BCUT2D eigenvalue weighted by molar-refractivity contribution is -0.141. The van der Waals surface area contributed by atoms with Crippen molar-refractivity contribution in [2.24, 2.45) is 5.92 Å². The SMILES string of the molecule is Cc1cc(CN2CCOCC2)ccc1COc1ccc(C#N)cc1-c1csc(C2=CCC(C(=O)O)CC2)n1. The van der Waals surface area contributed by atoms with Gasteiger partial charge in [-0.05, 0) is 66.6 Å². The Morgan fingerprint density at radius 3 is 2.82 bits per heavy atom. The summed E-state index contributed by atoms with van der Waals surface area (Å²) < 4.78 is 11.7. The number of aromatic nitrogens is 1. The molecule has 8 heteroatoms. The normalized spacial score (nSPS) is 18.0. The highest BCUT2D eigenvalue weighted by Crippen LogP contribution is 2.37. The van der Waals surface area contributed by atoms with Gasteiger partial charge in [-0.3, -0.25) is 9.69 Å². The third-order valence-corrected chi connectivity index (χ3v) is 8.14. The van der Waals surface area contributed by atoms with E-state index in [1.807, 2.05) is 23.6 Å². The molecule has 7 nitrogen and oxygen atoms in total. The molecule has 38 heavy (non-hydrogen) atoms. The molecular weight excluding hydrogens is 498 g/mol. The highest BCUT2D eigenvalue weighted by atomic mass is 32.1. The van der Waals surface area contributed by atoms with Crippen LogP contribution in [0.5, 0.6) is 5.75 Å². The molecule has 0 amide bonds. The largest absolute Gasteiger partial charge is 0.488 e. The van der Waals surface area contributed by atoms with Gasteiger partial charge in [0.2, 0.25) is 0 Å². The molecule has 2 aromatic carbocycles. The Morgan fingerprint density at radius 2 is 2.11 bits per heavy atom. The minimum atomic E-state index is -0.739. The van der Waals surface area contributed by atoms with Gasteiger partial charge in [0.25, 0.3) is 0 Å². The lowest BCUT2D eigenvalue weighted by atomic mass is 9.90. The van der Waals surface area contributed by atoms with Crippen LogP contribution in [-0.2, 0) is 22.7 Å². The standard InChI is InChI=1S/C30H31N3O4S/c1-20-14-22(17-33-10-12-36-13-11-33)2-4-25(20)18-37-28-9-3-21(16-31)15-26(28)27-19-38-29(32-27)23-5-7-24(8-6-23)30(34)35/h2-5,9,14-15,19,24H,6-8,10-13,17-18H2,1H3,(H,34,35). The molecule has 1 aliphatic heterocycles. The molecule has 5 rings (SSSR count). The van der Waals surface area contributed by atoms with Crippen LogP contribution < -0.4 is 4.74 Å². The third-order valence-electron chi connectivity index (χ3n) is 7.22. The second-order valence-electron chi connectivity index (χ2n) is 9.84. The topological polar surface area (TPSA) is 95.7 Å². The summed E-state index contributed by atoms with van der Waals surface area (Å²) in [6.07, 6.45) is 3.85. The van der Waals surface area contributed by atoms with Crippen LogP contribution in [0.4, 0.5) is 0 Å². The number of ether oxygens (including phenoxy) is 2. The van der Waals surface area contributed by atoms with Crippen LogP contribution >= 0.6 is 11.3 Å². The molecule has 3 aromatic rings. The van der Waals surface area contributed by atoms with Crippen LogP contribution in [0.2, 0.25) is 0 Å². The Morgan fingerprint density at radius 1 is 1.26 bits per heavy atom. The third kappa shape index (κ3) is 6.13. The van der Waals surface area contributed by atoms with E-state index in [0.29, 0.717) is 37.2 Å². The summed E-state index contributed by atoms with van der Waals surface area (Å²) in [6.45, 7) is 6.96. The van der Waals surface area contributed by atoms with E-state index in [9.17, 15) is 15.2 Å². The zero-order chi connectivity index (χ0) is 26.5. The van der Waals surface area contributed by atoms with Gasteiger partial charge in [0.05, 0.1) is 36.5 Å². The minimum absolute atomic E-state index is 0.317. The fourth-order valence-electron chi connectivity index (χ4n) is 4.91. The Hall–Kier alpha value is -3.51. The minimum Gasteiger partial charge on any atom is -0.488 e. The molecule has 1 atom stereocenters. The molecule has 1 fully saturated rings. The summed E-state index contributed by atoms with van der Waals surface area (Å²) in [6, 6.07) is 14.2. The van der Waals surface area contributed by atoms with Crippen LogP contribution in [0.1, 0.15) is 46.5 Å². The highest BCUT2D eigenvalue weighted by molar-refractivity contribution is 7.11. The lowest BCUT2D eigenvalue weighted by Crippen LogP contribution is -2.35. The summed E-state index contributed by atoms with van der Waals surface area (Å²) in [7, 11) is 0. The molecule has 1 unspecified atom stereocenters. The zero-order valence-corrected chi connectivity index (χ0v) is 22.3. The molecule has 0 spiro atoms. The van der Waals surface area contributed by atoms with Gasteiger partial charge < -0.3 is 14.6 Å². The number of carboxylic acids is 1. The molecule has 1 N–H and O–H groups in total. The van der Waals surface area contributed by atoms with Crippen molar-refractivity contribution in [1.82, 2.24) is 9.88 Å². The fourth-order valence-corrected chi connectivity index (χ4v) is 5.81. The predicted molar refractivity (Wildman–Crippen MR) is 147 cm³/mol. The van der Waals surface area contributed by atoms with Gasteiger partial charge in [0, 0.05) is 30.6 Å². The van der Waals surface area contributed by atoms with E-state index in [1.54, 1.807) is 6.07 Å². The summed E-state index contributed by atoms with van der Waals surface area (Å²) >= 11 is 1.54. The van der Waals surface area contributed by atoms with E-state index in [2.05, 4.69) is 36.1 Å². The molecular formula is C30H31N3O4S. The number of allylic oxidation sites excluding steroid dienone is 2. The van der Waals surface area contributed by atoms with Gasteiger partial charge in [0.15, 0.2) is 0 Å². The highest BCUT2D eigenvalue weighted by Gasteiger charge is 2.23. The first kappa shape index (κ1) is 26.1. The van der Waals surface area contributed by atoms with Crippen LogP contribution in [0.3, 0.4) is 0 Å². The van der Waals surface area contributed by atoms with Gasteiger partial charge in [0.1, 0.15) is 17.4 Å². The number of rotatable bonds is 8. The average molecular weight is 530 g/mol. The fraction of sp³-hybridized carbons (Fsp3) is 0.367. The van der Waals surface area contributed by atoms with E-state index < -0.39 is 5.97 Å². The van der Waals surface area contributed by atoms with E-state index in [4.69, 9.17) is 14.5 Å². The second-order valence-corrected chi connectivity index (χ2v) is 10.7.